The molecule has 0 aliphatic heterocycles. The van der Waals surface area contributed by atoms with Crippen molar-refractivity contribution < 1.29 is 9.59 Å². The van der Waals surface area contributed by atoms with E-state index in [4.69, 9.17) is 0 Å². The zero-order valence-electron chi connectivity index (χ0n) is 16.2. The molecule has 2 N–H and O–H groups in total. The summed E-state index contributed by atoms with van der Waals surface area (Å²) in [6.45, 7) is 3.82. The molecule has 2 amide bonds. The lowest BCUT2D eigenvalue weighted by atomic mass is 10.0. The third-order valence-corrected chi connectivity index (χ3v) is 6.28. The van der Waals surface area contributed by atoms with Crippen molar-refractivity contribution in [3.8, 4) is 11.1 Å². The Bertz CT molecular complexity index is 976. The average Bonchev–Trinajstić information content (AvgIpc) is 3.20. The number of carbonyl (C=O) groups is 2. The molecule has 29 heavy (non-hydrogen) atoms. The molecule has 0 saturated carbocycles. The van der Waals surface area contributed by atoms with Crippen LogP contribution in [0.4, 0.5) is 10.8 Å². The Balaban J connectivity index is 1.57. The van der Waals surface area contributed by atoms with Gasteiger partial charge in [-0.05, 0) is 18.1 Å². The van der Waals surface area contributed by atoms with Crippen molar-refractivity contribution in [1.29, 1.82) is 0 Å². The fraction of sp³-hybridized carbons (Fsp3) is 0.238. The molecule has 0 aliphatic carbocycles. The van der Waals surface area contributed by atoms with Gasteiger partial charge in [0.2, 0.25) is 16.9 Å². The minimum absolute atomic E-state index is 0.0736. The third-order valence-electron chi connectivity index (χ3n) is 4.31. The van der Waals surface area contributed by atoms with Gasteiger partial charge in [-0.15, -0.1) is 10.2 Å². The monoisotopic (exact) mass is 426 g/mol. The summed E-state index contributed by atoms with van der Waals surface area (Å²) in [5, 5.41) is 14.2. The maximum absolute atomic E-state index is 12.4. The molecule has 3 aromatic rings. The van der Waals surface area contributed by atoms with Crippen LogP contribution in [0.15, 0.2) is 58.9 Å². The van der Waals surface area contributed by atoms with Gasteiger partial charge in [-0.3, -0.25) is 9.59 Å². The largest absolute Gasteiger partial charge is 0.325 e. The van der Waals surface area contributed by atoms with E-state index in [9.17, 15) is 9.59 Å². The summed E-state index contributed by atoms with van der Waals surface area (Å²) in [7, 11) is 0. The van der Waals surface area contributed by atoms with Crippen molar-refractivity contribution in [1.82, 2.24) is 10.2 Å². The van der Waals surface area contributed by atoms with Crippen LogP contribution in [-0.4, -0.2) is 27.8 Å². The number of benzene rings is 2. The number of aromatic nitrogens is 2. The third kappa shape index (κ3) is 5.88. The van der Waals surface area contributed by atoms with E-state index in [1.165, 1.54) is 23.1 Å². The van der Waals surface area contributed by atoms with Crippen LogP contribution < -0.4 is 10.6 Å². The van der Waals surface area contributed by atoms with E-state index in [-0.39, 0.29) is 23.5 Å². The molecule has 0 saturated heterocycles. The first-order valence-corrected chi connectivity index (χ1v) is 11.1. The number of nitrogens with zero attached hydrogens (tertiary/aromatic N) is 2. The number of para-hydroxylation sites is 1. The number of thioether (sulfide) groups is 1. The van der Waals surface area contributed by atoms with Gasteiger partial charge in [-0.1, -0.05) is 85.5 Å². The van der Waals surface area contributed by atoms with Gasteiger partial charge in [-0.25, -0.2) is 0 Å². The van der Waals surface area contributed by atoms with Crippen LogP contribution in [0.5, 0.6) is 0 Å². The van der Waals surface area contributed by atoms with Gasteiger partial charge in [0.05, 0.1) is 5.75 Å². The smallest absolute Gasteiger partial charge is 0.234 e. The van der Waals surface area contributed by atoms with Crippen molar-refractivity contribution in [2.45, 2.75) is 24.6 Å². The Labute approximate surface area is 178 Å². The van der Waals surface area contributed by atoms with E-state index in [1.807, 2.05) is 68.4 Å². The van der Waals surface area contributed by atoms with E-state index in [0.717, 1.165) is 23.2 Å². The molecule has 0 fully saturated rings. The van der Waals surface area contributed by atoms with Gasteiger partial charge in [0.25, 0.3) is 0 Å². The molecule has 1 atom stereocenters. The van der Waals surface area contributed by atoms with Gasteiger partial charge in [0.15, 0.2) is 4.34 Å². The van der Waals surface area contributed by atoms with Crippen molar-refractivity contribution in [2.24, 2.45) is 5.92 Å². The van der Waals surface area contributed by atoms with Gasteiger partial charge in [-0.2, -0.15) is 0 Å². The molecule has 8 heteroatoms. The van der Waals surface area contributed by atoms with Gasteiger partial charge < -0.3 is 10.6 Å². The molecule has 3 rings (SSSR count). The molecule has 1 heterocycles. The number of rotatable bonds is 8. The molecule has 2 aromatic carbocycles. The highest BCUT2D eigenvalue weighted by Crippen LogP contribution is 2.29. The van der Waals surface area contributed by atoms with Crippen molar-refractivity contribution in [2.75, 3.05) is 16.4 Å². The highest BCUT2D eigenvalue weighted by molar-refractivity contribution is 8.01. The number of hydrogen-bond acceptors (Lipinski definition) is 6. The molecule has 0 radical (unpaired) electrons. The lowest BCUT2D eigenvalue weighted by molar-refractivity contribution is -0.119. The van der Waals surface area contributed by atoms with Gasteiger partial charge in [0.1, 0.15) is 0 Å². The van der Waals surface area contributed by atoms with Crippen molar-refractivity contribution in [3.63, 3.8) is 0 Å². The molecule has 0 bridgehead atoms. The zero-order valence-corrected chi connectivity index (χ0v) is 17.8. The summed E-state index contributed by atoms with van der Waals surface area (Å²) in [6.07, 6.45) is 0.761. The Kier molecular flexibility index (Phi) is 7.37. The second-order valence-corrected chi connectivity index (χ2v) is 8.62. The van der Waals surface area contributed by atoms with Crippen molar-refractivity contribution >= 4 is 45.7 Å². The number of hydrogen-bond donors (Lipinski definition) is 2. The van der Waals surface area contributed by atoms with Crippen LogP contribution in [0.2, 0.25) is 0 Å². The second-order valence-electron chi connectivity index (χ2n) is 6.42. The Morgan fingerprint density at radius 2 is 1.76 bits per heavy atom. The van der Waals surface area contributed by atoms with E-state index in [2.05, 4.69) is 20.8 Å². The van der Waals surface area contributed by atoms with Crippen LogP contribution >= 0.6 is 23.1 Å². The standard InChI is InChI=1S/C21H22N4O2S2/c1-3-14(2)19(27)23-20-24-25-21(29-20)28-13-18(26)22-17-12-8-7-11-16(17)15-9-5-4-6-10-15/h4-12,14H,3,13H2,1-2H3,(H,22,26)(H,23,24,27)/t14-/m1/s1. The Morgan fingerprint density at radius 3 is 2.52 bits per heavy atom. The molecule has 1 aromatic heterocycles. The van der Waals surface area contributed by atoms with Crippen LogP contribution in [0, 0.1) is 5.92 Å². The number of amides is 2. The maximum Gasteiger partial charge on any atom is 0.234 e. The molecular formula is C21H22N4O2S2. The van der Waals surface area contributed by atoms with E-state index in [1.54, 1.807) is 0 Å². The minimum Gasteiger partial charge on any atom is -0.325 e. The maximum atomic E-state index is 12.4. The van der Waals surface area contributed by atoms with Crippen LogP contribution in [0.25, 0.3) is 11.1 Å². The van der Waals surface area contributed by atoms with E-state index in [0.29, 0.717) is 9.47 Å². The highest BCUT2D eigenvalue weighted by atomic mass is 32.2. The first kappa shape index (κ1) is 21.0. The van der Waals surface area contributed by atoms with Crippen LogP contribution in [-0.2, 0) is 9.59 Å². The average molecular weight is 427 g/mol. The lowest BCUT2D eigenvalue weighted by Gasteiger charge is -2.10. The molecular weight excluding hydrogens is 404 g/mol. The Hall–Kier alpha value is -2.71. The predicted molar refractivity (Wildman–Crippen MR) is 119 cm³/mol. The lowest BCUT2D eigenvalue weighted by Crippen LogP contribution is -2.19. The fourth-order valence-electron chi connectivity index (χ4n) is 2.51. The normalized spacial score (nSPS) is 11.7. The summed E-state index contributed by atoms with van der Waals surface area (Å²) in [5.41, 5.74) is 2.78. The summed E-state index contributed by atoms with van der Waals surface area (Å²) < 4.78 is 0.635. The predicted octanol–water partition coefficient (Wildman–Crippen LogP) is 4.92. The van der Waals surface area contributed by atoms with Crippen molar-refractivity contribution in [3.05, 3.63) is 54.6 Å². The first-order chi connectivity index (χ1) is 14.1. The van der Waals surface area contributed by atoms with E-state index >= 15 is 0 Å². The summed E-state index contributed by atoms with van der Waals surface area (Å²) in [6, 6.07) is 17.6. The van der Waals surface area contributed by atoms with Crippen LogP contribution in [0.1, 0.15) is 20.3 Å². The van der Waals surface area contributed by atoms with E-state index < -0.39 is 0 Å². The summed E-state index contributed by atoms with van der Waals surface area (Å²) in [5.74, 6) is -0.0726. The molecule has 150 valence electrons. The summed E-state index contributed by atoms with van der Waals surface area (Å²) in [4.78, 5) is 24.4. The second kappa shape index (κ2) is 10.2. The number of carbonyl (C=O) groups excluding carboxylic acids is 2. The SMILES string of the molecule is CC[C@@H](C)C(=O)Nc1nnc(SCC(=O)Nc2ccccc2-c2ccccc2)s1. The molecule has 0 aliphatic rings. The number of nitrogens with one attached hydrogen (secondary N) is 2. The minimum atomic E-state index is -0.126. The first-order valence-electron chi connectivity index (χ1n) is 9.28. The number of anilines is 2. The molecule has 6 nitrogen and oxygen atoms in total. The fourth-order valence-corrected chi connectivity index (χ4v) is 4.06. The summed E-state index contributed by atoms with van der Waals surface area (Å²) >= 11 is 2.56. The molecule has 0 spiro atoms. The molecule has 0 unspecified atom stereocenters. The van der Waals surface area contributed by atoms with Gasteiger partial charge in [0, 0.05) is 17.2 Å². The van der Waals surface area contributed by atoms with Crippen LogP contribution in [0.3, 0.4) is 0 Å². The van der Waals surface area contributed by atoms with Gasteiger partial charge >= 0.3 is 0 Å². The highest BCUT2D eigenvalue weighted by Gasteiger charge is 2.15. The Morgan fingerprint density at radius 1 is 1.03 bits per heavy atom. The quantitative estimate of drug-likeness (QED) is 0.394. The zero-order chi connectivity index (χ0) is 20.6. The topological polar surface area (TPSA) is 84.0 Å².